The molecule has 0 N–H and O–H groups in total. The number of aromatic nitrogens is 4. The number of aryl methyl sites for hydroxylation is 3. The summed E-state index contributed by atoms with van der Waals surface area (Å²) in [6.07, 6.45) is 5.97. The minimum atomic E-state index is 0.961. The van der Waals surface area contributed by atoms with Crippen molar-refractivity contribution in [1.82, 2.24) is 14.0 Å². The third-order valence-electron chi connectivity index (χ3n) is 4.46. The normalized spacial score (nSPS) is 11.3. The Balaban J connectivity index is 1.96. The highest BCUT2D eigenvalue weighted by Gasteiger charge is 2.21. The van der Waals surface area contributed by atoms with E-state index in [2.05, 4.69) is 82.1 Å². The van der Waals surface area contributed by atoms with Gasteiger partial charge in [0.2, 0.25) is 11.5 Å². The Morgan fingerprint density at radius 2 is 1.83 bits per heavy atom. The molecule has 4 nitrogen and oxygen atoms in total. The van der Waals surface area contributed by atoms with Gasteiger partial charge in [0.25, 0.3) is 0 Å². The molecule has 0 radical (unpaired) electrons. The molecular weight excluding hydrogens is 284 g/mol. The number of imidazole rings is 2. The van der Waals surface area contributed by atoms with Crippen molar-refractivity contribution in [3.8, 4) is 22.5 Å². The van der Waals surface area contributed by atoms with Crippen molar-refractivity contribution >= 4 is 5.78 Å². The molecule has 0 aliphatic carbocycles. The summed E-state index contributed by atoms with van der Waals surface area (Å²) in [5.41, 5.74) is 6.01. The van der Waals surface area contributed by atoms with E-state index in [1.165, 1.54) is 28.2 Å². The first-order chi connectivity index (χ1) is 11.2. The number of hydrogen-bond acceptors (Lipinski definition) is 1. The molecule has 0 bridgehead atoms. The molecule has 23 heavy (non-hydrogen) atoms. The highest BCUT2D eigenvalue weighted by atomic mass is 15.2. The average Bonchev–Trinajstić information content (AvgIpc) is 3.14. The van der Waals surface area contributed by atoms with E-state index in [0.717, 1.165) is 5.78 Å². The van der Waals surface area contributed by atoms with Gasteiger partial charge in [0.1, 0.15) is 12.7 Å². The van der Waals surface area contributed by atoms with Crippen LogP contribution in [0.3, 0.4) is 0 Å². The van der Waals surface area contributed by atoms with Gasteiger partial charge in [0.15, 0.2) is 6.20 Å². The predicted molar refractivity (Wildman–Crippen MR) is 90.9 cm³/mol. The van der Waals surface area contributed by atoms with Gasteiger partial charge < -0.3 is 4.57 Å². The van der Waals surface area contributed by atoms with E-state index in [1.807, 2.05) is 18.5 Å². The van der Waals surface area contributed by atoms with Crippen molar-refractivity contribution < 1.29 is 4.57 Å². The molecule has 0 saturated heterocycles. The third-order valence-corrected chi connectivity index (χ3v) is 4.46. The van der Waals surface area contributed by atoms with Crippen molar-refractivity contribution in [2.75, 3.05) is 0 Å². The Bertz CT molecular complexity index is 959. The van der Waals surface area contributed by atoms with E-state index in [4.69, 9.17) is 0 Å². The zero-order chi connectivity index (χ0) is 16.0. The molecule has 3 aromatic heterocycles. The minimum Gasteiger partial charge on any atom is -0.308 e. The van der Waals surface area contributed by atoms with Crippen LogP contribution in [0.2, 0.25) is 0 Å². The molecule has 0 fully saturated rings. The Hall–Kier alpha value is -2.88. The van der Waals surface area contributed by atoms with Gasteiger partial charge in [-0.05, 0) is 18.1 Å². The molecule has 0 saturated carbocycles. The number of benzene rings is 1. The minimum absolute atomic E-state index is 0.961. The first kappa shape index (κ1) is 13.8. The van der Waals surface area contributed by atoms with Crippen LogP contribution in [-0.4, -0.2) is 14.0 Å². The van der Waals surface area contributed by atoms with E-state index >= 15 is 0 Å². The van der Waals surface area contributed by atoms with Crippen LogP contribution in [0.25, 0.3) is 28.3 Å². The second kappa shape index (κ2) is 5.09. The standard InChI is InChI=1S/C19H19N4/c1-14-18(22(3)19-20-10-12-23(14)19)17-13-16(9-11-21(17)2)15-7-5-4-6-8-15/h4-13H,1-3H3/q+1. The lowest BCUT2D eigenvalue weighted by molar-refractivity contribution is -0.660. The van der Waals surface area contributed by atoms with Crippen LogP contribution in [0.4, 0.5) is 0 Å². The van der Waals surface area contributed by atoms with Gasteiger partial charge in [-0.3, -0.25) is 4.40 Å². The van der Waals surface area contributed by atoms with E-state index in [0.29, 0.717) is 0 Å². The molecule has 0 amide bonds. The second-order valence-electron chi connectivity index (χ2n) is 5.87. The van der Waals surface area contributed by atoms with Gasteiger partial charge in [-0.25, -0.2) is 4.98 Å². The lowest BCUT2D eigenvalue weighted by atomic mass is 10.0. The Morgan fingerprint density at radius 3 is 2.57 bits per heavy atom. The van der Waals surface area contributed by atoms with Crippen LogP contribution < -0.4 is 4.57 Å². The summed E-state index contributed by atoms with van der Waals surface area (Å²) in [4.78, 5) is 4.45. The molecule has 0 aliphatic heterocycles. The van der Waals surface area contributed by atoms with Crippen molar-refractivity contribution in [3.05, 3.63) is 66.7 Å². The quantitative estimate of drug-likeness (QED) is 0.522. The van der Waals surface area contributed by atoms with Gasteiger partial charge in [0.05, 0.1) is 5.69 Å². The number of pyridine rings is 1. The summed E-state index contributed by atoms with van der Waals surface area (Å²) < 4.78 is 6.44. The fraction of sp³-hybridized carbons (Fsp3) is 0.158. The highest BCUT2D eigenvalue weighted by molar-refractivity contribution is 5.69. The first-order valence-electron chi connectivity index (χ1n) is 7.70. The summed E-state index contributed by atoms with van der Waals surface area (Å²) in [6, 6.07) is 14.9. The van der Waals surface area contributed by atoms with Gasteiger partial charge in [0, 0.05) is 31.6 Å². The van der Waals surface area contributed by atoms with Crippen LogP contribution in [0.1, 0.15) is 5.69 Å². The number of rotatable bonds is 2. The molecule has 0 aliphatic rings. The fourth-order valence-corrected chi connectivity index (χ4v) is 3.23. The first-order valence-corrected chi connectivity index (χ1v) is 7.70. The van der Waals surface area contributed by atoms with Gasteiger partial charge in [-0.1, -0.05) is 30.3 Å². The van der Waals surface area contributed by atoms with Crippen LogP contribution in [-0.2, 0) is 14.1 Å². The van der Waals surface area contributed by atoms with Crippen molar-refractivity contribution in [3.63, 3.8) is 0 Å². The molecule has 0 spiro atoms. The summed E-state index contributed by atoms with van der Waals surface area (Å²) in [7, 11) is 4.15. The van der Waals surface area contributed by atoms with E-state index < -0.39 is 0 Å². The maximum Gasteiger partial charge on any atom is 0.231 e. The molecule has 0 atom stereocenters. The maximum absolute atomic E-state index is 4.45. The molecule has 4 heteroatoms. The van der Waals surface area contributed by atoms with Gasteiger partial charge in [-0.2, -0.15) is 4.57 Å². The summed E-state index contributed by atoms with van der Waals surface area (Å²) >= 11 is 0. The summed E-state index contributed by atoms with van der Waals surface area (Å²) in [5.74, 6) is 0.961. The molecular formula is C19H19N4+. The molecule has 4 rings (SSSR count). The SMILES string of the molecule is Cc1c(-c2cc(-c3ccccc3)cc[n+]2C)n(C)c2nccn12. The zero-order valence-corrected chi connectivity index (χ0v) is 13.6. The van der Waals surface area contributed by atoms with Crippen molar-refractivity contribution in [2.24, 2.45) is 14.1 Å². The zero-order valence-electron chi connectivity index (χ0n) is 13.6. The number of fused-ring (bicyclic) bond motifs is 1. The Labute approximate surface area is 135 Å². The van der Waals surface area contributed by atoms with E-state index in [-0.39, 0.29) is 0 Å². The van der Waals surface area contributed by atoms with Crippen LogP contribution in [0.15, 0.2) is 61.1 Å². The van der Waals surface area contributed by atoms with Crippen LogP contribution in [0.5, 0.6) is 0 Å². The smallest absolute Gasteiger partial charge is 0.231 e. The average molecular weight is 303 g/mol. The third kappa shape index (κ3) is 2.06. The topological polar surface area (TPSA) is 26.1 Å². The lowest BCUT2D eigenvalue weighted by Crippen LogP contribution is -2.31. The second-order valence-corrected chi connectivity index (χ2v) is 5.87. The van der Waals surface area contributed by atoms with E-state index in [1.54, 1.807) is 0 Å². The fourth-order valence-electron chi connectivity index (χ4n) is 3.23. The molecule has 1 aromatic carbocycles. The predicted octanol–water partition coefficient (Wildman–Crippen LogP) is 3.14. The highest BCUT2D eigenvalue weighted by Crippen LogP contribution is 2.27. The van der Waals surface area contributed by atoms with Crippen LogP contribution >= 0.6 is 0 Å². The molecule has 0 unspecified atom stereocenters. The number of nitrogens with zero attached hydrogens (tertiary/aromatic N) is 4. The van der Waals surface area contributed by atoms with Crippen molar-refractivity contribution in [1.29, 1.82) is 0 Å². The van der Waals surface area contributed by atoms with Gasteiger partial charge in [-0.15, -0.1) is 0 Å². The summed E-state index contributed by atoms with van der Waals surface area (Å²) in [5, 5.41) is 0. The Morgan fingerprint density at radius 1 is 1.04 bits per heavy atom. The maximum atomic E-state index is 4.45. The lowest BCUT2D eigenvalue weighted by Gasteiger charge is -2.06. The monoisotopic (exact) mass is 303 g/mol. The summed E-state index contributed by atoms with van der Waals surface area (Å²) in [6.45, 7) is 2.14. The van der Waals surface area contributed by atoms with E-state index in [9.17, 15) is 0 Å². The largest absolute Gasteiger partial charge is 0.308 e. The van der Waals surface area contributed by atoms with Crippen molar-refractivity contribution in [2.45, 2.75) is 6.92 Å². The molecule has 114 valence electrons. The number of hydrogen-bond donors (Lipinski definition) is 0. The Kier molecular flexibility index (Phi) is 3.05. The van der Waals surface area contributed by atoms with Gasteiger partial charge >= 0.3 is 0 Å². The van der Waals surface area contributed by atoms with Crippen LogP contribution in [0, 0.1) is 6.92 Å². The molecule has 3 heterocycles. The molecule has 4 aromatic rings.